The largest absolute Gasteiger partial charge is 0.449 e. The highest BCUT2D eigenvalue weighted by Gasteiger charge is 2.30. The number of anilines is 1. The Bertz CT molecular complexity index is 717. The van der Waals surface area contributed by atoms with E-state index in [9.17, 15) is 4.79 Å². The van der Waals surface area contributed by atoms with Crippen molar-refractivity contribution in [2.24, 2.45) is 0 Å². The van der Waals surface area contributed by atoms with Gasteiger partial charge >= 0.3 is 6.09 Å². The Morgan fingerprint density at radius 3 is 3.13 bits per heavy atom. The molecule has 124 valence electrons. The van der Waals surface area contributed by atoms with E-state index in [0.29, 0.717) is 25.5 Å². The van der Waals surface area contributed by atoms with Crippen LogP contribution >= 0.6 is 22.6 Å². The minimum absolute atomic E-state index is 0.189. The number of unbranched alkanes of at least 4 members (excludes halogenated alkanes) is 1. The number of rotatable bonds is 4. The van der Waals surface area contributed by atoms with Crippen LogP contribution in [0.1, 0.15) is 32.2 Å². The summed E-state index contributed by atoms with van der Waals surface area (Å²) in [7, 11) is 0. The Balaban J connectivity index is 1.75. The van der Waals surface area contributed by atoms with Gasteiger partial charge in [0.15, 0.2) is 0 Å². The number of nitrogen functional groups attached to an aromatic ring is 1. The molecule has 1 unspecified atom stereocenters. The molecule has 2 aromatic heterocycles. The van der Waals surface area contributed by atoms with Crippen LogP contribution in [-0.2, 0) is 4.74 Å². The van der Waals surface area contributed by atoms with Crippen molar-refractivity contribution in [1.82, 2.24) is 19.4 Å². The van der Waals surface area contributed by atoms with Crippen LogP contribution in [0.25, 0.3) is 11.0 Å². The fourth-order valence-electron chi connectivity index (χ4n) is 2.87. The lowest BCUT2D eigenvalue weighted by Crippen LogP contribution is -2.30. The van der Waals surface area contributed by atoms with Crippen LogP contribution in [0.2, 0.25) is 0 Å². The maximum Gasteiger partial charge on any atom is 0.409 e. The molecule has 1 aliphatic rings. The number of amides is 1. The van der Waals surface area contributed by atoms with Crippen molar-refractivity contribution < 1.29 is 9.53 Å². The van der Waals surface area contributed by atoms with Gasteiger partial charge in [-0.15, -0.1) is 0 Å². The summed E-state index contributed by atoms with van der Waals surface area (Å²) in [6, 6.07) is 0.189. The molecule has 8 heteroatoms. The van der Waals surface area contributed by atoms with Crippen LogP contribution in [0.4, 0.5) is 10.6 Å². The minimum atomic E-state index is -0.221. The molecule has 0 saturated carbocycles. The third-order valence-electron chi connectivity index (χ3n) is 4.13. The van der Waals surface area contributed by atoms with Gasteiger partial charge in [0, 0.05) is 22.9 Å². The fourth-order valence-corrected chi connectivity index (χ4v) is 3.69. The molecule has 0 aromatic carbocycles. The van der Waals surface area contributed by atoms with Crippen LogP contribution < -0.4 is 5.73 Å². The van der Waals surface area contributed by atoms with Gasteiger partial charge in [0.05, 0.1) is 18.0 Å². The summed E-state index contributed by atoms with van der Waals surface area (Å²) in [5, 5.41) is 0.886. The molecule has 23 heavy (non-hydrogen) atoms. The predicted octanol–water partition coefficient (Wildman–Crippen LogP) is 2.80. The van der Waals surface area contributed by atoms with Gasteiger partial charge in [-0.25, -0.2) is 14.8 Å². The Kier molecular flexibility index (Phi) is 4.88. The standard InChI is InChI=1S/C15H20IN5O2/c1-2-3-6-23-15(22)20-5-4-10(7-20)21-8-11(16)12-13(17)18-9-19-14(12)21/h8-10H,2-7H2,1H3,(H2,17,18,19). The molecule has 1 aliphatic heterocycles. The van der Waals surface area contributed by atoms with Gasteiger partial charge in [-0.3, -0.25) is 0 Å². The zero-order valence-corrected chi connectivity index (χ0v) is 15.2. The third kappa shape index (κ3) is 3.22. The van der Waals surface area contributed by atoms with Crippen molar-refractivity contribution in [1.29, 1.82) is 0 Å². The zero-order valence-electron chi connectivity index (χ0n) is 13.0. The topological polar surface area (TPSA) is 86.3 Å². The molecule has 0 radical (unpaired) electrons. The second-order valence-electron chi connectivity index (χ2n) is 5.70. The average molecular weight is 429 g/mol. The smallest absolute Gasteiger partial charge is 0.409 e. The number of fused-ring (bicyclic) bond motifs is 1. The number of carbonyl (C=O) groups excluding carboxylic acids is 1. The molecule has 1 atom stereocenters. The van der Waals surface area contributed by atoms with Gasteiger partial charge in [0.25, 0.3) is 0 Å². The molecule has 1 amide bonds. The first-order valence-corrected chi connectivity index (χ1v) is 8.88. The SMILES string of the molecule is CCCCOC(=O)N1CCC(n2cc(I)c3c(N)ncnc32)C1. The number of hydrogen-bond acceptors (Lipinski definition) is 5. The second-order valence-corrected chi connectivity index (χ2v) is 6.86. The normalized spacial score (nSPS) is 17.8. The Morgan fingerprint density at radius 2 is 2.35 bits per heavy atom. The summed E-state index contributed by atoms with van der Waals surface area (Å²) >= 11 is 2.25. The summed E-state index contributed by atoms with van der Waals surface area (Å²) in [6.07, 6.45) is 6.10. The van der Waals surface area contributed by atoms with E-state index in [0.717, 1.165) is 33.9 Å². The first kappa shape index (κ1) is 16.3. The number of carbonyl (C=O) groups is 1. The summed E-state index contributed by atoms with van der Waals surface area (Å²) in [5.41, 5.74) is 6.79. The Hall–Kier alpha value is -1.58. The molecule has 3 rings (SSSR count). The van der Waals surface area contributed by atoms with Crippen molar-refractivity contribution in [3.05, 3.63) is 16.1 Å². The lowest BCUT2D eigenvalue weighted by molar-refractivity contribution is 0.108. The molecule has 3 heterocycles. The van der Waals surface area contributed by atoms with Crippen molar-refractivity contribution in [2.45, 2.75) is 32.2 Å². The van der Waals surface area contributed by atoms with Crippen LogP contribution in [0.5, 0.6) is 0 Å². The first-order valence-electron chi connectivity index (χ1n) is 7.80. The minimum Gasteiger partial charge on any atom is -0.449 e. The van der Waals surface area contributed by atoms with Crippen LogP contribution in [0.3, 0.4) is 0 Å². The van der Waals surface area contributed by atoms with Gasteiger partial charge in [-0.1, -0.05) is 13.3 Å². The molecule has 1 fully saturated rings. The van der Waals surface area contributed by atoms with E-state index in [1.54, 1.807) is 4.90 Å². The number of nitrogens with zero attached hydrogens (tertiary/aromatic N) is 4. The van der Waals surface area contributed by atoms with E-state index >= 15 is 0 Å². The molecule has 2 N–H and O–H groups in total. The molecule has 7 nitrogen and oxygen atoms in total. The van der Waals surface area contributed by atoms with Crippen molar-refractivity contribution in [2.75, 3.05) is 25.4 Å². The maximum atomic E-state index is 12.1. The number of likely N-dealkylation sites (tertiary alicyclic amines) is 1. The molecule has 2 aromatic rings. The fraction of sp³-hybridized carbons (Fsp3) is 0.533. The molecule has 0 spiro atoms. The monoisotopic (exact) mass is 429 g/mol. The predicted molar refractivity (Wildman–Crippen MR) is 96.1 cm³/mol. The van der Waals surface area contributed by atoms with Gasteiger partial charge in [0.1, 0.15) is 17.8 Å². The lowest BCUT2D eigenvalue weighted by atomic mass is 10.2. The highest BCUT2D eigenvalue weighted by Crippen LogP contribution is 2.31. The molecule has 0 bridgehead atoms. The summed E-state index contributed by atoms with van der Waals surface area (Å²) < 4.78 is 8.43. The molecule has 0 aliphatic carbocycles. The molecular formula is C15H20IN5O2. The summed E-state index contributed by atoms with van der Waals surface area (Å²) in [6.45, 7) is 3.90. The maximum absolute atomic E-state index is 12.1. The van der Waals surface area contributed by atoms with Crippen molar-refractivity contribution in [3.8, 4) is 0 Å². The molecule has 1 saturated heterocycles. The average Bonchev–Trinajstić information content (AvgIpc) is 3.13. The summed E-state index contributed by atoms with van der Waals surface area (Å²) in [4.78, 5) is 22.3. The van der Waals surface area contributed by atoms with E-state index in [1.807, 2.05) is 6.20 Å². The highest BCUT2D eigenvalue weighted by atomic mass is 127. The van der Waals surface area contributed by atoms with Gasteiger partial charge < -0.3 is 19.9 Å². The third-order valence-corrected chi connectivity index (χ3v) is 4.95. The van der Waals surface area contributed by atoms with E-state index in [2.05, 4.69) is 44.0 Å². The number of hydrogen-bond donors (Lipinski definition) is 1. The summed E-state index contributed by atoms with van der Waals surface area (Å²) in [5.74, 6) is 0.493. The first-order chi connectivity index (χ1) is 11.1. The van der Waals surface area contributed by atoms with Crippen molar-refractivity contribution >= 4 is 45.5 Å². The number of ether oxygens (including phenoxy) is 1. The van der Waals surface area contributed by atoms with Crippen molar-refractivity contribution in [3.63, 3.8) is 0 Å². The quantitative estimate of drug-likeness (QED) is 0.597. The Morgan fingerprint density at radius 1 is 1.52 bits per heavy atom. The number of nitrogens with two attached hydrogens (primary N) is 1. The van der Waals surface area contributed by atoms with Crippen LogP contribution in [-0.4, -0.2) is 45.2 Å². The van der Waals surface area contributed by atoms with Gasteiger partial charge in [-0.05, 0) is 35.4 Å². The second kappa shape index (κ2) is 6.90. The number of halogens is 1. The highest BCUT2D eigenvalue weighted by molar-refractivity contribution is 14.1. The van der Waals surface area contributed by atoms with E-state index < -0.39 is 0 Å². The van der Waals surface area contributed by atoms with E-state index in [1.165, 1.54) is 6.33 Å². The van der Waals surface area contributed by atoms with Gasteiger partial charge in [0.2, 0.25) is 0 Å². The van der Waals surface area contributed by atoms with E-state index in [-0.39, 0.29) is 12.1 Å². The van der Waals surface area contributed by atoms with Gasteiger partial charge in [-0.2, -0.15) is 0 Å². The van der Waals surface area contributed by atoms with E-state index in [4.69, 9.17) is 10.5 Å². The Labute approximate surface area is 148 Å². The lowest BCUT2D eigenvalue weighted by Gasteiger charge is -2.17. The molecular weight excluding hydrogens is 409 g/mol. The zero-order chi connectivity index (χ0) is 16.4. The van der Waals surface area contributed by atoms with Crippen LogP contribution in [0, 0.1) is 3.57 Å². The number of aromatic nitrogens is 3. The van der Waals surface area contributed by atoms with Crippen LogP contribution in [0.15, 0.2) is 12.5 Å².